The molecule has 2 aromatic carbocycles. The molecule has 0 spiro atoms. The average molecular weight is 416 g/mol. The molecule has 0 unspecified atom stereocenters. The molecule has 0 N–H and O–H groups in total. The van der Waals surface area contributed by atoms with E-state index in [4.69, 9.17) is 34.8 Å². The van der Waals surface area contributed by atoms with E-state index in [1.165, 1.54) is 42.5 Å². The highest BCUT2D eigenvalue weighted by molar-refractivity contribution is 6.42. The molecule has 0 fully saturated rings. The molecule has 0 amide bonds. The van der Waals surface area contributed by atoms with Crippen LogP contribution in [0.15, 0.2) is 48.7 Å². The molecule has 0 saturated carbocycles. The first-order valence-corrected chi connectivity index (χ1v) is 8.29. The maximum Gasteiger partial charge on any atom is 0.419 e. The molecule has 0 aliphatic carbocycles. The normalized spacial score (nSPS) is 11.4. The molecule has 2 nitrogen and oxygen atoms in total. The van der Waals surface area contributed by atoms with Crippen molar-refractivity contribution in [3.05, 3.63) is 69.3 Å². The standard InChI is InChI=1S/C18H8Cl3F3N2/c19-12-4-1-10(2-5-12)17-16(18(22,23)24)13(8-26(17)9-25)11-3-6-14(20)15(21)7-11/h1-8H. The van der Waals surface area contributed by atoms with E-state index in [-0.39, 0.29) is 32.4 Å². The van der Waals surface area contributed by atoms with Crippen molar-refractivity contribution < 1.29 is 13.2 Å². The van der Waals surface area contributed by atoms with Crippen LogP contribution in [0.2, 0.25) is 15.1 Å². The van der Waals surface area contributed by atoms with Gasteiger partial charge in [-0.2, -0.15) is 18.4 Å². The zero-order valence-electron chi connectivity index (χ0n) is 12.8. The minimum atomic E-state index is -4.70. The van der Waals surface area contributed by atoms with E-state index < -0.39 is 11.7 Å². The monoisotopic (exact) mass is 414 g/mol. The fraction of sp³-hybridized carbons (Fsp3) is 0.0556. The van der Waals surface area contributed by atoms with Crippen LogP contribution < -0.4 is 0 Å². The van der Waals surface area contributed by atoms with Crippen LogP contribution in [0.5, 0.6) is 0 Å². The van der Waals surface area contributed by atoms with Gasteiger partial charge in [-0.1, -0.05) is 53.0 Å². The number of rotatable bonds is 2. The smallest absolute Gasteiger partial charge is 0.253 e. The molecule has 8 heteroatoms. The second-order valence-corrected chi connectivity index (χ2v) is 6.62. The van der Waals surface area contributed by atoms with Gasteiger partial charge in [-0.3, -0.25) is 4.57 Å². The Hall–Kier alpha value is -2.13. The number of alkyl halides is 3. The first kappa shape index (κ1) is 18.7. The fourth-order valence-corrected chi connectivity index (χ4v) is 3.07. The van der Waals surface area contributed by atoms with E-state index in [0.29, 0.717) is 5.02 Å². The van der Waals surface area contributed by atoms with Crippen molar-refractivity contribution in [1.82, 2.24) is 4.57 Å². The molecule has 3 rings (SSSR count). The average Bonchev–Trinajstić information content (AvgIpc) is 2.98. The summed E-state index contributed by atoms with van der Waals surface area (Å²) in [6.45, 7) is 0. The van der Waals surface area contributed by atoms with Gasteiger partial charge in [-0.15, -0.1) is 0 Å². The van der Waals surface area contributed by atoms with Gasteiger partial charge in [0, 0.05) is 16.8 Å². The van der Waals surface area contributed by atoms with Crippen molar-refractivity contribution >= 4 is 34.8 Å². The summed E-state index contributed by atoms with van der Waals surface area (Å²) in [4.78, 5) is 0. The third-order valence-electron chi connectivity index (χ3n) is 3.74. The van der Waals surface area contributed by atoms with Crippen molar-refractivity contribution in [3.63, 3.8) is 0 Å². The Kier molecular flexibility index (Phi) is 4.94. The third-order valence-corrected chi connectivity index (χ3v) is 4.74. The van der Waals surface area contributed by atoms with Crippen molar-refractivity contribution in [2.24, 2.45) is 0 Å². The first-order chi connectivity index (χ1) is 12.2. The lowest BCUT2D eigenvalue weighted by Crippen LogP contribution is -2.08. The maximum atomic E-state index is 13.9. The minimum Gasteiger partial charge on any atom is -0.253 e. The molecule has 1 heterocycles. The summed E-state index contributed by atoms with van der Waals surface area (Å²) in [6, 6.07) is 9.95. The second kappa shape index (κ2) is 6.88. The zero-order valence-corrected chi connectivity index (χ0v) is 15.0. The number of aromatic nitrogens is 1. The summed E-state index contributed by atoms with van der Waals surface area (Å²) in [6.07, 6.45) is -1.80. The molecule has 132 valence electrons. The van der Waals surface area contributed by atoms with E-state index in [9.17, 15) is 18.4 Å². The molecule has 0 aliphatic heterocycles. The second-order valence-electron chi connectivity index (χ2n) is 5.37. The van der Waals surface area contributed by atoms with E-state index in [1.54, 1.807) is 6.19 Å². The van der Waals surface area contributed by atoms with E-state index in [2.05, 4.69) is 0 Å². The molecule has 26 heavy (non-hydrogen) atoms. The van der Waals surface area contributed by atoms with E-state index in [1.807, 2.05) is 0 Å². The van der Waals surface area contributed by atoms with Gasteiger partial charge in [0.1, 0.15) is 0 Å². The molecular formula is C18H8Cl3F3N2. The maximum absolute atomic E-state index is 13.9. The van der Waals surface area contributed by atoms with Crippen LogP contribution in [0.25, 0.3) is 22.4 Å². The largest absolute Gasteiger partial charge is 0.419 e. The lowest BCUT2D eigenvalue weighted by molar-refractivity contribution is -0.136. The van der Waals surface area contributed by atoms with Gasteiger partial charge in [0.05, 0.1) is 21.3 Å². The van der Waals surface area contributed by atoms with Gasteiger partial charge in [0.2, 0.25) is 0 Å². The van der Waals surface area contributed by atoms with Crippen LogP contribution in [0.1, 0.15) is 5.56 Å². The molecule has 0 atom stereocenters. The predicted octanol–water partition coefficient (Wildman–Crippen LogP) is 7.13. The van der Waals surface area contributed by atoms with Gasteiger partial charge in [0.25, 0.3) is 0 Å². The van der Waals surface area contributed by atoms with Crippen LogP contribution >= 0.6 is 34.8 Å². The SMILES string of the molecule is N#Cn1cc(-c2ccc(Cl)c(Cl)c2)c(C(F)(F)F)c1-c1ccc(Cl)cc1. The number of benzene rings is 2. The summed E-state index contributed by atoms with van der Waals surface area (Å²) in [5, 5.41) is 10.1. The van der Waals surface area contributed by atoms with Gasteiger partial charge < -0.3 is 0 Å². The molecular weight excluding hydrogens is 408 g/mol. The number of nitrogens with zero attached hydrogens (tertiary/aromatic N) is 2. The Bertz CT molecular complexity index is 1020. The summed E-state index contributed by atoms with van der Waals surface area (Å²) < 4.78 is 42.5. The summed E-state index contributed by atoms with van der Waals surface area (Å²) in [5.74, 6) is 0. The third kappa shape index (κ3) is 3.41. The lowest BCUT2D eigenvalue weighted by atomic mass is 9.99. The lowest BCUT2D eigenvalue weighted by Gasteiger charge is -2.12. The fourth-order valence-electron chi connectivity index (χ4n) is 2.65. The summed E-state index contributed by atoms with van der Waals surface area (Å²) in [7, 11) is 0. The first-order valence-electron chi connectivity index (χ1n) is 7.16. The van der Waals surface area contributed by atoms with Crippen molar-refractivity contribution in [1.29, 1.82) is 5.26 Å². The number of hydrogen-bond donors (Lipinski definition) is 0. The van der Waals surface area contributed by atoms with E-state index >= 15 is 0 Å². The van der Waals surface area contributed by atoms with Crippen molar-refractivity contribution in [3.8, 4) is 28.6 Å². The Morgan fingerprint density at radius 2 is 1.50 bits per heavy atom. The number of nitriles is 1. The highest BCUT2D eigenvalue weighted by Gasteiger charge is 2.39. The van der Waals surface area contributed by atoms with Gasteiger partial charge in [-0.25, -0.2) is 0 Å². The van der Waals surface area contributed by atoms with Crippen LogP contribution in [-0.2, 0) is 6.18 Å². The summed E-state index contributed by atoms with van der Waals surface area (Å²) in [5.41, 5.74) is -0.939. The van der Waals surface area contributed by atoms with Crippen LogP contribution in [-0.4, -0.2) is 4.57 Å². The quantitative estimate of drug-likeness (QED) is 0.437. The van der Waals surface area contributed by atoms with E-state index in [0.717, 1.165) is 10.8 Å². The molecule has 1 aromatic heterocycles. The predicted molar refractivity (Wildman–Crippen MR) is 96.3 cm³/mol. The van der Waals surface area contributed by atoms with Gasteiger partial charge in [0.15, 0.2) is 6.19 Å². The highest BCUT2D eigenvalue weighted by Crippen LogP contribution is 2.45. The number of halogens is 6. The molecule has 0 radical (unpaired) electrons. The minimum absolute atomic E-state index is 0.120. The van der Waals surface area contributed by atoms with Gasteiger partial charge in [-0.05, 0) is 35.4 Å². The number of hydrogen-bond acceptors (Lipinski definition) is 1. The molecule has 3 aromatic rings. The van der Waals surface area contributed by atoms with Crippen molar-refractivity contribution in [2.75, 3.05) is 0 Å². The topological polar surface area (TPSA) is 28.7 Å². The Labute approximate surface area is 161 Å². The zero-order chi connectivity index (χ0) is 19.1. The van der Waals surface area contributed by atoms with Crippen molar-refractivity contribution in [2.45, 2.75) is 6.18 Å². The Balaban J connectivity index is 2.34. The van der Waals surface area contributed by atoms with Gasteiger partial charge >= 0.3 is 6.18 Å². The highest BCUT2D eigenvalue weighted by atomic mass is 35.5. The molecule has 0 saturated heterocycles. The van der Waals surface area contributed by atoms with Crippen LogP contribution in [0, 0.1) is 11.5 Å². The Morgan fingerprint density at radius 1 is 0.885 bits per heavy atom. The molecule has 0 aliphatic rings. The van der Waals surface area contributed by atoms with Crippen LogP contribution in [0.4, 0.5) is 13.2 Å². The Morgan fingerprint density at radius 3 is 2.04 bits per heavy atom. The molecule has 0 bridgehead atoms. The summed E-state index contributed by atoms with van der Waals surface area (Å²) >= 11 is 17.6. The van der Waals surface area contributed by atoms with Crippen LogP contribution in [0.3, 0.4) is 0 Å².